The highest BCUT2D eigenvalue weighted by molar-refractivity contribution is 5.98. The van der Waals surface area contributed by atoms with Gasteiger partial charge >= 0.3 is 0 Å². The molecule has 0 unspecified atom stereocenters. The number of hydrogen-bond acceptors (Lipinski definition) is 4. The van der Waals surface area contributed by atoms with Crippen molar-refractivity contribution in [3.8, 4) is 5.75 Å². The third kappa shape index (κ3) is 2.96. The van der Waals surface area contributed by atoms with Crippen LogP contribution in [0.1, 0.15) is 29.6 Å². The van der Waals surface area contributed by atoms with Crippen LogP contribution in [-0.4, -0.2) is 31.9 Å². The molecule has 4 nitrogen and oxygen atoms in total. The third-order valence-electron chi connectivity index (χ3n) is 3.69. The summed E-state index contributed by atoms with van der Waals surface area (Å²) in [5.74, 6) is 1.25. The van der Waals surface area contributed by atoms with Crippen molar-refractivity contribution in [3.05, 3.63) is 29.8 Å². The Hall–Kier alpha value is -1.39. The van der Waals surface area contributed by atoms with E-state index in [0.29, 0.717) is 19.8 Å². The summed E-state index contributed by atoms with van der Waals surface area (Å²) in [5.41, 5.74) is 0.783. The van der Waals surface area contributed by atoms with E-state index in [0.717, 1.165) is 24.2 Å². The molecule has 0 aromatic heterocycles. The van der Waals surface area contributed by atoms with Crippen molar-refractivity contribution in [1.82, 2.24) is 0 Å². The third-order valence-corrected chi connectivity index (χ3v) is 3.69. The average Bonchev–Trinajstić information content (AvgIpc) is 2.88. The van der Waals surface area contributed by atoms with Crippen molar-refractivity contribution in [1.29, 1.82) is 0 Å². The number of ether oxygens (including phenoxy) is 3. The predicted octanol–water partition coefficient (Wildman–Crippen LogP) is 2.42. The van der Waals surface area contributed by atoms with Crippen molar-refractivity contribution < 1.29 is 19.0 Å². The highest BCUT2D eigenvalue weighted by Gasteiger charge is 2.26. The first-order chi connectivity index (χ1) is 9.33. The summed E-state index contributed by atoms with van der Waals surface area (Å²) in [5, 5.41) is 0. The van der Waals surface area contributed by atoms with E-state index in [4.69, 9.17) is 14.2 Å². The first kappa shape index (κ1) is 12.6. The van der Waals surface area contributed by atoms with Crippen LogP contribution in [0.5, 0.6) is 5.75 Å². The molecule has 4 heteroatoms. The number of Topliss-reactive ketones (excluding diaryl/α,β-unsaturated/α-hetero) is 1. The highest BCUT2D eigenvalue weighted by Crippen LogP contribution is 2.30. The lowest BCUT2D eigenvalue weighted by Gasteiger charge is -2.23. The largest absolute Gasteiger partial charge is 0.488 e. The van der Waals surface area contributed by atoms with Crippen molar-refractivity contribution in [2.45, 2.75) is 25.6 Å². The molecular formula is C15H18O4. The number of rotatable bonds is 5. The van der Waals surface area contributed by atoms with E-state index in [1.165, 1.54) is 6.42 Å². The van der Waals surface area contributed by atoms with Gasteiger partial charge in [-0.15, -0.1) is 0 Å². The van der Waals surface area contributed by atoms with Crippen molar-refractivity contribution in [2.24, 2.45) is 5.92 Å². The molecular weight excluding hydrogens is 244 g/mol. The fourth-order valence-corrected chi connectivity index (χ4v) is 2.29. The Bertz CT molecular complexity index is 430. The number of hydrogen-bond donors (Lipinski definition) is 0. The highest BCUT2D eigenvalue weighted by atomic mass is 16.7. The molecule has 1 aliphatic carbocycles. The summed E-state index contributed by atoms with van der Waals surface area (Å²) >= 11 is 0. The van der Waals surface area contributed by atoms with Crippen LogP contribution in [0.15, 0.2) is 24.3 Å². The van der Waals surface area contributed by atoms with E-state index in [2.05, 4.69) is 0 Å². The molecule has 3 rings (SSSR count). The molecule has 2 aliphatic rings. The predicted molar refractivity (Wildman–Crippen MR) is 69.3 cm³/mol. The summed E-state index contributed by atoms with van der Waals surface area (Å²) in [4.78, 5) is 12.0. The van der Waals surface area contributed by atoms with E-state index >= 15 is 0 Å². The molecule has 1 aromatic rings. The number of ketones is 1. The first-order valence-electron chi connectivity index (χ1n) is 6.83. The smallest absolute Gasteiger partial charge is 0.191 e. The quantitative estimate of drug-likeness (QED) is 0.764. The van der Waals surface area contributed by atoms with Crippen LogP contribution < -0.4 is 4.74 Å². The maximum atomic E-state index is 12.0. The molecule has 1 aliphatic heterocycles. The Morgan fingerprint density at radius 1 is 1.16 bits per heavy atom. The van der Waals surface area contributed by atoms with Crippen LogP contribution in [0.2, 0.25) is 0 Å². The van der Waals surface area contributed by atoms with Gasteiger partial charge in [-0.25, -0.2) is 0 Å². The zero-order valence-electron chi connectivity index (χ0n) is 10.8. The average molecular weight is 262 g/mol. The molecule has 0 bridgehead atoms. The Morgan fingerprint density at radius 2 is 1.84 bits per heavy atom. The monoisotopic (exact) mass is 262 g/mol. The van der Waals surface area contributed by atoms with Gasteiger partial charge in [0.25, 0.3) is 0 Å². The molecule has 1 saturated heterocycles. The normalized spacial score (nSPS) is 20.2. The summed E-state index contributed by atoms with van der Waals surface area (Å²) in [6, 6.07) is 7.35. The SMILES string of the molecule is O=C(c1ccc(OCC2OCCO2)cc1)C1CCC1. The summed E-state index contributed by atoms with van der Waals surface area (Å²) < 4.78 is 16.1. The lowest BCUT2D eigenvalue weighted by atomic mass is 9.80. The Balaban J connectivity index is 1.54. The Morgan fingerprint density at radius 3 is 2.42 bits per heavy atom. The molecule has 1 aromatic carbocycles. The van der Waals surface area contributed by atoms with E-state index in [1.807, 2.05) is 24.3 Å². The minimum absolute atomic E-state index is 0.243. The summed E-state index contributed by atoms with van der Waals surface area (Å²) in [7, 11) is 0. The van der Waals surface area contributed by atoms with Crippen LogP contribution in [0, 0.1) is 5.92 Å². The second kappa shape index (κ2) is 5.72. The maximum Gasteiger partial charge on any atom is 0.191 e. The fraction of sp³-hybridized carbons (Fsp3) is 0.533. The standard InChI is InChI=1S/C15H18O4/c16-15(11-2-1-3-11)12-4-6-13(7-5-12)19-10-14-17-8-9-18-14/h4-7,11,14H,1-3,8-10H2. The zero-order valence-corrected chi connectivity index (χ0v) is 10.8. The summed E-state index contributed by atoms with van der Waals surface area (Å²) in [6.45, 7) is 1.64. The Labute approximate surface area is 112 Å². The van der Waals surface area contributed by atoms with Gasteiger partial charge in [0.15, 0.2) is 12.1 Å². The van der Waals surface area contributed by atoms with Gasteiger partial charge in [-0.1, -0.05) is 6.42 Å². The van der Waals surface area contributed by atoms with Gasteiger partial charge in [0.05, 0.1) is 13.2 Å². The number of benzene rings is 1. The first-order valence-corrected chi connectivity index (χ1v) is 6.83. The van der Waals surface area contributed by atoms with Gasteiger partial charge in [0.2, 0.25) is 0 Å². The lowest BCUT2D eigenvalue weighted by molar-refractivity contribution is -0.0684. The van der Waals surface area contributed by atoms with Crippen LogP contribution in [0.4, 0.5) is 0 Å². The molecule has 1 heterocycles. The van der Waals surface area contributed by atoms with Crippen LogP contribution in [0.25, 0.3) is 0 Å². The van der Waals surface area contributed by atoms with Gasteiger partial charge < -0.3 is 14.2 Å². The van der Waals surface area contributed by atoms with Crippen molar-refractivity contribution in [3.63, 3.8) is 0 Å². The van der Waals surface area contributed by atoms with Crippen LogP contribution in [-0.2, 0) is 9.47 Å². The van der Waals surface area contributed by atoms with E-state index in [1.54, 1.807) is 0 Å². The number of carbonyl (C=O) groups excluding carboxylic acids is 1. The topological polar surface area (TPSA) is 44.8 Å². The molecule has 0 amide bonds. The van der Waals surface area contributed by atoms with E-state index in [-0.39, 0.29) is 18.0 Å². The van der Waals surface area contributed by atoms with Crippen molar-refractivity contribution >= 4 is 5.78 Å². The van der Waals surface area contributed by atoms with Gasteiger partial charge in [-0.05, 0) is 37.1 Å². The van der Waals surface area contributed by atoms with E-state index < -0.39 is 0 Å². The lowest BCUT2D eigenvalue weighted by Crippen LogP contribution is -2.22. The summed E-state index contributed by atoms with van der Waals surface area (Å²) in [6.07, 6.45) is 2.98. The van der Waals surface area contributed by atoms with Gasteiger partial charge in [-0.3, -0.25) is 4.79 Å². The minimum Gasteiger partial charge on any atom is -0.488 e. The molecule has 2 fully saturated rings. The van der Waals surface area contributed by atoms with Crippen molar-refractivity contribution in [2.75, 3.05) is 19.8 Å². The second-order valence-electron chi connectivity index (χ2n) is 5.00. The van der Waals surface area contributed by atoms with Gasteiger partial charge in [0, 0.05) is 11.5 Å². The molecule has 0 spiro atoms. The van der Waals surface area contributed by atoms with Crippen LogP contribution >= 0.6 is 0 Å². The molecule has 0 N–H and O–H groups in total. The molecule has 102 valence electrons. The zero-order chi connectivity index (χ0) is 13.1. The van der Waals surface area contributed by atoms with Crippen LogP contribution in [0.3, 0.4) is 0 Å². The van der Waals surface area contributed by atoms with Gasteiger partial charge in [0.1, 0.15) is 12.4 Å². The molecule has 0 radical (unpaired) electrons. The molecule has 0 atom stereocenters. The fourth-order valence-electron chi connectivity index (χ4n) is 2.29. The van der Waals surface area contributed by atoms with Gasteiger partial charge in [-0.2, -0.15) is 0 Å². The Kier molecular flexibility index (Phi) is 3.80. The maximum absolute atomic E-state index is 12.0. The minimum atomic E-state index is -0.267. The second-order valence-corrected chi connectivity index (χ2v) is 5.00. The van der Waals surface area contributed by atoms with E-state index in [9.17, 15) is 4.79 Å². The number of carbonyl (C=O) groups is 1. The molecule has 19 heavy (non-hydrogen) atoms. The molecule has 1 saturated carbocycles.